The first kappa shape index (κ1) is 15.7. The minimum absolute atomic E-state index is 0.0186. The molecule has 6 heteroatoms. The predicted octanol–water partition coefficient (Wildman–Crippen LogP) is 3.53. The number of hydrogen-bond acceptors (Lipinski definition) is 4. The van der Waals surface area contributed by atoms with Crippen molar-refractivity contribution in [2.45, 2.75) is 25.7 Å². The molecule has 1 aromatic carbocycles. The molecule has 5 nitrogen and oxygen atoms in total. The van der Waals surface area contributed by atoms with E-state index in [1.165, 1.54) is 11.3 Å². The molecule has 1 aliphatic rings. The summed E-state index contributed by atoms with van der Waals surface area (Å²) >= 11 is 1.40. The highest BCUT2D eigenvalue weighted by molar-refractivity contribution is 7.13. The van der Waals surface area contributed by atoms with Crippen molar-refractivity contribution < 1.29 is 9.59 Å². The fourth-order valence-corrected chi connectivity index (χ4v) is 3.61. The van der Waals surface area contributed by atoms with Gasteiger partial charge >= 0.3 is 0 Å². The lowest BCUT2D eigenvalue weighted by Crippen LogP contribution is -2.28. The van der Waals surface area contributed by atoms with Crippen LogP contribution in [0.2, 0.25) is 0 Å². The van der Waals surface area contributed by atoms with Gasteiger partial charge in [0.25, 0.3) is 0 Å². The van der Waals surface area contributed by atoms with E-state index in [0.717, 1.165) is 24.9 Å². The highest BCUT2D eigenvalue weighted by atomic mass is 32.1. The standard InChI is InChI=1S/C17H19N3O2S/c21-15(19-13-6-2-1-3-7-13)11-12-5-4-8-14(12)16(22)20-17-18-9-10-23-17/h1-3,6-7,9-10,12,14H,4-5,8,11H2,(H,19,21)(H,18,20,22). The Hall–Kier alpha value is -2.21. The average Bonchev–Trinajstić information content (AvgIpc) is 3.20. The summed E-state index contributed by atoms with van der Waals surface area (Å²) in [7, 11) is 0. The van der Waals surface area contributed by atoms with E-state index in [9.17, 15) is 9.59 Å². The monoisotopic (exact) mass is 329 g/mol. The van der Waals surface area contributed by atoms with Crippen molar-refractivity contribution in [1.29, 1.82) is 0 Å². The van der Waals surface area contributed by atoms with E-state index in [1.807, 2.05) is 35.7 Å². The topological polar surface area (TPSA) is 71.1 Å². The summed E-state index contributed by atoms with van der Waals surface area (Å²) in [5.41, 5.74) is 0.791. The minimum Gasteiger partial charge on any atom is -0.326 e. The molecule has 2 aromatic rings. The third kappa shape index (κ3) is 4.16. The van der Waals surface area contributed by atoms with Crippen LogP contribution in [0.15, 0.2) is 41.9 Å². The SMILES string of the molecule is O=C(CC1CCCC1C(=O)Nc1nccs1)Nc1ccccc1. The van der Waals surface area contributed by atoms with Crippen molar-refractivity contribution in [3.63, 3.8) is 0 Å². The maximum absolute atomic E-state index is 12.4. The van der Waals surface area contributed by atoms with Crippen LogP contribution in [0, 0.1) is 11.8 Å². The lowest BCUT2D eigenvalue weighted by atomic mass is 9.92. The van der Waals surface area contributed by atoms with Gasteiger partial charge in [0.15, 0.2) is 5.13 Å². The van der Waals surface area contributed by atoms with Gasteiger partial charge in [-0.1, -0.05) is 24.6 Å². The van der Waals surface area contributed by atoms with Gasteiger partial charge in [0.2, 0.25) is 11.8 Å². The van der Waals surface area contributed by atoms with Gasteiger partial charge in [-0.2, -0.15) is 0 Å². The first-order chi connectivity index (χ1) is 11.2. The second kappa shape index (κ2) is 7.37. The molecule has 0 saturated heterocycles. The Morgan fingerprint density at radius 2 is 2.00 bits per heavy atom. The fraction of sp³-hybridized carbons (Fsp3) is 0.353. The number of amides is 2. The first-order valence-corrected chi connectivity index (χ1v) is 8.65. The Labute approximate surface area is 139 Å². The van der Waals surface area contributed by atoms with Gasteiger partial charge in [-0.15, -0.1) is 11.3 Å². The number of aromatic nitrogens is 1. The molecule has 0 bridgehead atoms. The smallest absolute Gasteiger partial charge is 0.229 e. The van der Waals surface area contributed by atoms with Gasteiger partial charge in [0.05, 0.1) is 0 Å². The number of nitrogens with zero attached hydrogens (tertiary/aromatic N) is 1. The summed E-state index contributed by atoms with van der Waals surface area (Å²) in [6, 6.07) is 9.40. The molecule has 120 valence electrons. The predicted molar refractivity (Wildman–Crippen MR) is 91.3 cm³/mol. The number of rotatable bonds is 5. The number of nitrogens with one attached hydrogen (secondary N) is 2. The van der Waals surface area contributed by atoms with E-state index in [4.69, 9.17) is 0 Å². The molecule has 0 aliphatic heterocycles. The lowest BCUT2D eigenvalue weighted by Gasteiger charge is -2.18. The summed E-state index contributed by atoms with van der Waals surface area (Å²) in [5, 5.41) is 8.19. The number of hydrogen-bond donors (Lipinski definition) is 2. The Morgan fingerprint density at radius 1 is 1.17 bits per heavy atom. The van der Waals surface area contributed by atoms with Crippen LogP contribution in [0.1, 0.15) is 25.7 Å². The summed E-state index contributed by atoms with van der Waals surface area (Å²) in [5.74, 6) is -0.0655. The largest absolute Gasteiger partial charge is 0.326 e. The quantitative estimate of drug-likeness (QED) is 0.881. The number of carbonyl (C=O) groups is 2. The van der Waals surface area contributed by atoms with Gasteiger partial charge in [-0.3, -0.25) is 9.59 Å². The van der Waals surface area contributed by atoms with Crippen molar-refractivity contribution in [3.05, 3.63) is 41.9 Å². The van der Waals surface area contributed by atoms with E-state index in [0.29, 0.717) is 11.6 Å². The van der Waals surface area contributed by atoms with E-state index < -0.39 is 0 Å². The van der Waals surface area contributed by atoms with Gasteiger partial charge in [-0.25, -0.2) is 4.98 Å². The van der Waals surface area contributed by atoms with Crippen LogP contribution in [0.5, 0.6) is 0 Å². The number of thiazole rings is 1. The molecular formula is C17H19N3O2S. The summed E-state index contributed by atoms with van der Waals surface area (Å²) in [6.45, 7) is 0. The van der Waals surface area contributed by atoms with E-state index in [-0.39, 0.29) is 23.7 Å². The number of carbonyl (C=O) groups excluding carboxylic acids is 2. The van der Waals surface area contributed by atoms with Gasteiger partial charge in [-0.05, 0) is 30.9 Å². The van der Waals surface area contributed by atoms with Crippen LogP contribution in [-0.2, 0) is 9.59 Å². The zero-order valence-electron chi connectivity index (χ0n) is 12.7. The molecule has 2 N–H and O–H groups in total. The van der Waals surface area contributed by atoms with Crippen molar-refractivity contribution >= 4 is 34.0 Å². The van der Waals surface area contributed by atoms with Crippen molar-refractivity contribution in [3.8, 4) is 0 Å². The van der Waals surface area contributed by atoms with Crippen LogP contribution in [0.25, 0.3) is 0 Å². The Kier molecular flexibility index (Phi) is 5.02. The van der Waals surface area contributed by atoms with Crippen LogP contribution in [0.4, 0.5) is 10.8 Å². The molecule has 1 saturated carbocycles. The zero-order valence-corrected chi connectivity index (χ0v) is 13.5. The van der Waals surface area contributed by atoms with Crippen molar-refractivity contribution in [2.24, 2.45) is 11.8 Å². The summed E-state index contributed by atoms with van der Waals surface area (Å²) in [4.78, 5) is 28.7. The molecule has 1 fully saturated rings. The highest BCUT2D eigenvalue weighted by Crippen LogP contribution is 2.35. The van der Waals surface area contributed by atoms with Gasteiger partial charge < -0.3 is 10.6 Å². The number of benzene rings is 1. The molecule has 2 amide bonds. The second-order valence-corrected chi connectivity index (χ2v) is 6.64. The van der Waals surface area contributed by atoms with Gasteiger partial charge in [0.1, 0.15) is 0 Å². The maximum Gasteiger partial charge on any atom is 0.229 e. The summed E-state index contributed by atoms with van der Waals surface area (Å²) in [6.07, 6.45) is 4.78. The molecule has 23 heavy (non-hydrogen) atoms. The molecule has 3 rings (SSSR count). The molecule has 2 unspecified atom stereocenters. The van der Waals surface area contributed by atoms with Crippen LogP contribution >= 0.6 is 11.3 Å². The maximum atomic E-state index is 12.4. The fourth-order valence-electron chi connectivity index (χ4n) is 3.08. The molecule has 1 aromatic heterocycles. The van der Waals surface area contributed by atoms with Crippen LogP contribution in [0.3, 0.4) is 0 Å². The third-order valence-corrected chi connectivity index (χ3v) is 4.85. The molecule has 1 aliphatic carbocycles. The molecule has 1 heterocycles. The number of anilines is 2. The van der Waals surface area contributed by atoms with Crippen LogP contribution in [-0.4, -0.2) is 16.8 Å². The normalized spacial score (nSPS) is 20.2. The average molecular weight is 329 g/mol. The van der Waals surface area contributed by atoms with E-state index >= 15 is 0 Å². The Morgan fingerprint density at radius 3 is 2.74 bits per heavy atom. The van der Waals surface area contributed by atoms with Crippen molar-refractivity contribution in [2.75, 3.05) is 10.6 Å². The molecule has 0 spiro atoms. The third-order valence-electron chi connectivity index (χ3n) is 4.16. The van der Waals surface area contributed by atoms with Crippen molar-refractivity contribution in [1.82, 2.24) is 4.98 Å². The van der Waals surface area contributed by atoms with E-state index in [2.05, 4.69) is 15.6 Å². The Bertz CT molecular complexity index is 658. The molecular weight excluding hydrogens is 310 g/mol. The summed E-state index contributed by atoms with van der Waals surface area (Å²) < 4.78 is 0. The molecule has 2 atom stereocenters. The Balaban J connectivity index is 1.56. The second-order valence-electron chi connectivity index (χ2n) is 5.74. The van der Waals surface area contributed by atoms with Gasteiger partial charge in [0, 0.05) is 29.6 Å². The minimum atomic E-state index is -0.111. The lowest BCUT2D eigenvalue weighted by molar-refractivity contribution is -0.122. The number of para-hydroxylation sites is 1. The van der Waals surface area contributed by atoms with Crippen LogP contribution < -0.4 is 10.6 Å². The highest BCUT2D eigenvalue weighted by Gasteiger charge is 2.34. The van der Waals surface area contributed by atoms with E-state index in [1.54, 1.807) is 6.20 Å². The molecule has 0 radical (unpaired) electrons. The first-order valence-electron chi connectivity index (χ1n) is 7.77. The zero-order chi connectivity index (χ0) is 16.1.